The predicted molar refractivity (Wildman–Crippen MR) is 156 cm³/mol. The van der Waals surface area contributed by atoms with Gasteiger partial charge < -0.3 is 20.1 Å². The van der Waals surface area contributed by atoms with Crippen LogP contribution in [0.25, 0.3) is 0 Å². The number of aliphatic carboxylic acids is 1. The Bertz CT molecular complexity index is 1730. The highest BCUT2D eigenvalue weighted by Crippen LogP contribution is 2.47. The number of rotatable bonds is 13. The number of benzene rings is 2. The van der Waals surface area contributed by atoms with Crippen LogP contribution < -0.4 is 10.2 Å². The SMILES string of the molecule is O=C(O)COCC(=O)CNc1ccc2c(c1)S\C(=C/C=C/C=C1/C(=O)c3ccccc3S1(=O)=O)N2CCCS(=O)(=O)O. The minimum atomic E-state index is -4.16. The lowest BCUT2D eigenvalue weighted by Gasteiger charge is -2.20. The van der Waals surface area contributed by atoms with Crippen LogP contribution in [0.5, 0.6) is 0 Å². The summed E-state index contributed by atoms with van der Waals surface area (Å²) in [4.78, 5) is 37.4. The summed E-state index contributed by atoms with van der Waals surface area (Å²) in [5, 5.41) is 12.2. The number of sulfone groups is 1. The van der Waals surface area contributed by atoms with Crippen LogP contribution in [0.3, 0.4) is 0 Å². The lowest BCUT2D eigenvalue weighted by molar-refractivity contribution is -0.143. The molecule has 0 saturated carbocycles. The summed E-state index contributed by atoms with van der Waals surface area (Å²) >= 11 is 1.34. The van der Waals surface area contributed by atoms with Crippen molar-refractivity contribution in [1.82, 2.24) is 0 Å². The molecule has 3 N–H and O–H groups in total. The van der Waals surface area contributed by atoms with E-state index in [1.807, 2.05) is 4.90 Å². The zero-order valence-corrected chi connectivity index (χ0v) is 24.4. The van der Waals surface area contributed by atoms with Crippen LogP contribution in [0.4, 0.5) is 11.4 Å². The van der Waals surface area contributed by atoms with E-state index in [9.17, 15) is 31.2 Å². The third-order valence-electron chi connectivity index (χ3n) is 6.03. The molecule has 2 heterocycles. The number of anilines is 2. The highest BCUT2D eigenvalue weighted by atomic mass is 32.2. The summed E-state index contributed by atoms with van der Waals surface area (Å²) in [6.07, 6.45) is 6.06. The number of ketones is 2. The summed E-state index contributed by atoms with van der Waals surface area (Å²) < 4.78 is 62.0. The molecule has 0 amide bonds. The van der Waals surface area contributed by atoms with Gasteiger partial charge in [0.05, 0.1) is 27.9 Å². The maximum Gasteiger partial charge on any atom is 0.329 e. The van der Waals surface area contributed by atoms with Gasteiger partial charge in [-0.05, 0) is 48.9 Å². The van der Waals surface area contributed by atoms with Gasteiger partial charge in [-0.2, -0.15) is 8.42 Å². The normalized spacial score (nSPS) is 17.6. The van der Waals surface area contributed by atoms with Crippen molar-refractivity contribution < 1.29 is 45.6 Å². The van der Waals surface area contributed by atoms with Crippen molar-refractivity contribution >= 4 is 60.6 Å². The minimum Gasteiger partial charge on any atom is -0.480 e. The quantitative estimate of drug-likeness (QED) is 0.216. The molecule has 0 aliphatic carbocycles. The van der Waals surface area contributed by atoms with Crippen LogP contribution in [-0.4, -0.2) is 76.1 Å². The number of carbonyl (C=O) groups excluding carboxylic acids is 2. The van der Waals surface area contributed by atoms with Gasteiger partial charge in [0.1, 0.15) is 18.1 Å². The first-order valence-corrected chi connectivity index (χ1v) is 16.3. The summed E-state index contributed by atoms with van der Waals surface area (Å²) in [5.74, 6) is -2.54. The summed E-state index contributed by atoms with van der Waals surface area (Å²) in [6, 6.07) is 11.3. The molecule has 0 fully saturated rings. The number of thioether (sulfide) groups is 1. The van der Waals surface area contributed by atoms with Gasteiger partial charge in [-0.3, -0.25) is 14.1 Å². The zero-order valence-electron chi connectivity index (χ0n) is 21.9. The number of carbonyl (C=O) groups is 3. The van der Waals surface area contributed by atoms with Gasteiger partial charge in [0.15, 0.2) is 5.78 Å². The Morgan fingerprint density at radius 2 is 1.81 bits per heavy atom. The molecular weight excluding hydrogens is 609 g/mol. The second-order valence-electron chi connectivity index (χ2n) is 9.10. The number of allylic oxidation sites excluding steroid dienone is 5. The Hall–Kier alpha value is -3.76. The number of nitrogens with one attached hydrogen (secondary N) is 1. The maximum atomic E-state index is 12.8. The Kier molecular flexibility index (Phi) is 9.68. The summed E-state index contributed by atoms with van der Waals surface area (Å²) in [5.41, 5.74) is 1.48. The number of hydrogen-bond donors (Lipinski definition) is 3. The number of Topliss-reactive ketones (excluding diaryl/α,β-unsaturated/α-hetero) is 2. The second kappa shape index (κ2) is 13.0. The monoisotopic (exact) mass is 634 g/mol. The fourth-order valence-corrected chi connectivity index (χ4v) is 7.38. The van der Waals surface area contributed by atoms with Gasteiger partial charge in [0, 0.05) is 22.7 Å². The van der Waals surface area contributed by atoms with Crippen molar-refractivity contribution in [2.75, 3.05) is 42.3 Å². The van der Waals surface area contributed by atoms with E-state index in [1.54, 1.807) is 42.5 Å². The predicted octanol–water partition coefficient (Wildman–Crippen LogP) is 2.91. The molecule has 2 aromatic rings. The van der Waals surface area contributed by atoms with E-state index in [4.69, 9.17) is 14.4 Å². The Labute approximate surface area is 246 Å². The van der Waals surface area contributed by atoms with Gasteiger partial charge in [0.2, 0.25) is 15.6 Å². The molecule has 2 aromatic carbocycles. The fourth-order valence-electron chi connectivity index (χ4n) is 4.19. The van der Waals surface area contributed by atoms with E-state index in [2.05, 4.69) is 5.32 Å². The van der Waals surface area contributed by atoms with Crippen molar-refractivity contribution in [3.63, 3.8) is 0 Å². The molecule has 0 saturated heterocycles. The number of hydrogen-bond acceptors (Lipinski definition) is 11. The molecule has 2 aliphatic rings. The van der Waals surface area contributed by atoms with Gasteiger partial charge >= 0.3 is 5.97 Å². The van der Waals surface area contributed by atoms with E-state index in [0.717, 1.165) is 10.6 Å². The largest absolute Gasteiger partial charge is 0.480 e. The van der Waals surface area contributed by atoms with Crippen molar-refractivity contribution in [2.24, 2.45) is 0 Å². The lowest BCUT2D eigenvalue weighted by atomic mass is 10.1. The molecule has 12 nitrogen and oxygen atoms in total. The third-order valence-corrected chi connectivity index (χ3v) is 9.78. The first kappa shape index (κ1) is 31.2. The van der Waals surface area contributed by atoms with Gasteiger partial charge in [-0.15, -0.1) is 0 Å². The van der Waals surface area contributed by atoms with Crippen LogP contribution in [0.15, 0.2) is 86.5 Å². The number of carboxylic acid groups (broad SMARTS) is 1. The van der Waals surface area contributed by atoms with Crippen LogP contribution in [-0.2, 0) is 34.3 Å². The molecular formula is C27H26N2O10S3. The number of fused-ring (bicyclic) bond motifs is 2. The molecule has 4 rings (SSSR count). The highest BCUT2D eigenvalue weighted by Gasteiger charge is 2.38. The van der Waals surface area contributed by atoms with Crippen LogP contribution >= 0.6 is 11.8 Å². The van der Waals surface area contributed by atoms with E-state index < -0.39 is 44.1 Å². The number of carboxylic acids is 1. The van der Waals surface area contributed by atoms with Gasteiger partial charge in [-0.25, -0.2) is 13.2 Å². The topological polar surface area (TPSA) is 184 Å². The first-order chi connectivity index (χ1) is 19.9. The Balaban J connectivity index is 1.50. The van der Waals surface area contributed by atoms with Crippen LogP contribution in [0.2, 0.25) is 0 Å². The van der Waals surface area contributed by atoms with Crippen molar-refractivity contribution in [1.29, 1.82) is 0 Å². The molecule has 15 heteroatoms. The molecule has 222 valence electrons. The molecule has 0 aromatic heterocycles. The third kappa shape index (κ3) is 7.54. The smallest absolute Gasteiger partial charge is 0.329 e. The van der Waals surface area contributed by atoms with Crippen LogP contribution in [0.1, 0.15) is 16.8 Å². The molecule has 42 heavy (non-hydrogen) atoms. The van der Waals surface area contributed by atoms with E-state index in [-0.39, 0.29) is 47.3 Å². The van der Waals surface area contributed by atoms with E-state index in [0.29, 0.717) is 10.7 Å². The maximum absolute atomic E-state index is 12.8. The molecule has 2 aliphatic heterocycles. The Morgan fingerprint density at radius 1 is 1.07 bits per heavy atom. The summed E-state index contributed by atoms with van der Waals surface area (Å²) in [7, 11) is -8.08. The number of ether oxygens (including phenoxy) is 1. The molecule has 0 radical (unpaired) electrons. The number of nitrogens with zero attached hydrogens (tertiary/aromatic N) is 1. The van der Waals surface area contributed by atoms with Gasteiger partial charge in [0.25, 0.3) is 10.1 Å². The molecule has 0 bridgehead atoms. The van der Waals surface area contributed by atoms with E-state index in [1.165, 1.54) is 36.0 Å². The minimum absolute atomic E-state index is 0.0290. The zero-order chi connectivity index (χ0) is 30.5. The molecule has 0 spiro atoms. The highest BCUT2D eigenvalue weighted by molar-refractivity contribution is 8.03. The second-order valence-corrected chi connectivity index (χ2v) is 13.6. The standard InChI is InChI=1S/C27H26N2O10S3/c30-19(16-39-17-26(31)32)15-28-18-10-11-21-22(14-18)40-25(29(21)12-5-13-41(34,35)36)9-4-3-8-24-27(33)20-6-1-2-7-23(20)42(24,37)38/h1-4,6-11,14,28H,5,12-13,15-17H2,(H,31,32)(H,34,35,36)/b4-3+,24-8-,25-9-. The van der Waals surface area contributed by atoms with Crippen molar-refractivity contribution in [2.45, 2.75) is 16.2 Å². The van der Waals surface area contributed by atoms with E-state index >= 15 is 0 Å². The van der Waals surface area contributed by atoms with Crippen molar-refractivity contribution in [3.05, 3.63) is 82.3 Å². The summed E-state index contributed by atoms with van der Waals surface area (Å²) in [6.45, 7) is -0.772. The van der Waals surface area contributed by atoms with Crippen molar-refractivity contribution in [3.8, 4) is 0 Å². The Morgan fingerprint density at radius 3 is 2.52 bits per heavy atom. The molecule has 0 atom stereocenters. The van der Waals surface area contributed by atoms with Gasteiger partial charge in [-0.1, -0.05) is 36.0 Å². The lowest BCUT2D eigenvalue weighted by Crippen LogP contribution is -2.22. The first-order valence-electron chi connectivity index (χ1n) is 12.4. The fraction of sp³-hybridized carbons (Fsp3) is 0.222. The van der Waals surface area contributed by atoms with Crippen LogP contribution in [0, 0.1) is 0 Å². The average molecular weight is 635 g/mol. The average Bonchev–Trinajstić information content (AvgIpc) is 3.35. The molecule has 0 unspecified atom stereocenters.